The van der Waals surface area contributed by atoms with E-state index in [1.54, 1.807) is 0 Å². The average molecular weight is 234 g/mol. The van der Waals surface area contributed by atoms with Gasteiger partial charge in [0.25, 0.3) is 0 Å². The van der Waals surface area contributed by atoms with Crippen LogP contribution in [-0.4, -0.2) is 6.72 Å². The Kier molecular flexibility index (Phi) is 5.60. The second-order valence-electron chi connectivity index (χ2n) is 2.78. The van der Waals surface area contributed by atoms with Crippen LogP contribution in [0.2, 0.25) is 0 Å². The zero-order valence-corrected chi connectivity index (χ0v) is 10.2. The average Bonchev–Trinajstić information content (AvgIpc) is 2.05. The molecule has 0 aromatic heterocycles. The maximum Gasteiger partial charge on any atom is 0 e. The van der Waals surface area contributed by atoms with Crippen molar-refractivity contribution in [2.75, 3.05) is 0 Å². The normalized spacial score (nSPS) is 9.25. The van der Waals surface area contributed by atoms with Gasteiger partial charge in [0.15, 0.2) is 0 Å². The second kappa shape index (κ2) is 5.61. The summed E-state index contributed by atoms with van der Waals surface area (Å²) in [6, 6.07) is 8.91. The molecule has 0 fully saturated rings. The Balaban J connectivity index is 0.00000121. The fourth-order valence-corrected chi connectivity index (χ4v) is 0.886. The van der Waals surface area contributed by atoms with Crippen LogP contribution in [0.3, 0.4) is 0 Å². The summed E-state index contributed by atoms with van der Waals surface area (Å²) >= 11 is 0. The Labute approximate surface area is 99.2 Å². The van der Waals surface area contributed by atoms with Crippen LogP contribution in [0.5, 0.6) is 0 Å². The molecule has 0 aliphatic heterocycles. The monoisotopic (exact) mass is 234 g/mol. The zero-order chi connectivity index (χ0) is 8.27. The van der Waals surface area contributed by atoms with Crippen LogP contribution in [0.1, 0.15) is 25.3 Å². The van der Waals surface area contributed by atoms with Gasteiger partial charge in [-0.15, -0.1) is 0 Å². The van der Waals surface area contributed by atoms with Crippen molar-refractivity contribution in [1.82, 2.24) is 0 Å². The molecule has 1 aromatic rings. The van der Waals surface area contributed by atoms with Crippen molar-refractivity contribution in [2.45, 2.75) is 19.8 Å². The van der Waals surface area contributed by atoms with E-state index in [0.717, 1.165) is 11.3 Å². The standard InChI is InChI=1S/C10H11N.Y/c1-8(2)9-5-4-6-10(7-9)11-3;/h3-6,8H,1-2H3;/q-2;. The number of benzene rings is 1. The quantitative estimate of drug-likeness (QED) is 0.551. The van der Waals surface area contributed by atoms with Gasteiger partial charge in [0.2, 0.25) is 0 Å². The van der Waals surface area contributed by atoms with Gasteiger partial charge in [-0.1, -0.05) is 13.8 Å². The minimum Gasteiger partial charge on any atom is -0.485 e. The van der Waals surface area contributed by atoms with Gasteiger partial charge in [0.05, 0.1) is 0 Å². The first-order valence-corrected chi connectivity index (χ1v) is 3.67. The number of hydrogen-bond acceptors (Lipinski definition) is 1. The predicted octanol–water partition coefficient (Wildman–Crippen LogP) is 2.82. The Morgan fingerprint density at radius 1 is 1.42 bits per heavy atom. The first-order valence-electron chi connectivity index (χ1n) is 3.67. The Bertz CT molecular complexity index is 256. The molecule has 61 valence electrons. The molecule has 1 nitrogen and oxygen atoms in total. The van der Waals surface area contributed by atoms with Crippen molar-refractivity contribution in [3.05, 3.63) is 29.8 Å². The number of rotatable bonds is 2. The summed E-state index contributed by atoms with van der Waals surface area (Å²) in [6.07, 6.45) is 0. The van der Waals surface area contributed by atoms with Crippen molar-refractivity contribution in [3.63, 3.8) is 0 Å². The van der Waals surface area contributed by atoms with E-state index in [4.69, 9.17) is 6.72 Å². The molecule has 0 N–H and O–H groups in total. The van der Waals surface area contributed by atoms with Gasteiger partial charge in [0, 0.05) is 32.7 Å². The molecule has 12 heavy (non-hydrogen) atoms. The van der Waals surface area contributed by atoms with Crippen LogP contribution in [0, 0.1) is 6.07 Å². The van der Waals surface area contributed by atoms with Crippen molar-refractivity contribution < 1.29 is 32.7 Å². The Morgan fingerprint density at radius 3 is 2.58 bits per heavy atom. The van der Waals surface area contributed by atoms with Crippen molar-refractivity contribution in [3.8, 4) is 0 Å². The second-order valence-corrected chi connectivity index (χ2v) is 2.78. The molecule has 1 aromatic carbocycles. The zero-order valence-electron chi connectivity index (χ0n) is 7.41. The van der Waals surface area contributed by atoms with Gasteiger partial charge in [-0.3, -0.25) is 6.07 Å². The number of nitrogens with zero attached hydrogens (tertiary/aromatic N) is 1. The van der Waals surface area contributed by atoms with Crippen LogP contribution < -0.4 is 0 Å². The van der Waals surface area contributed by atoms with E-state index < -0.39 is 0 Å². The van der Waals surface area contributed by atoms with E-state index >= 15 is 0 Å². The van der Waals surface area contributed by atoms with E-state index in [1.165, 1.54) is 0 Å². The third kappa shape index (κ3) is 3.16. The van der Waals surface area contributed by atoms with Gasteiger partial charge < -0.3 is 4.99 Å². The van der Waals surface area contributed by atoms with Gasteiger partial charge in [-0.2, -0.15) is 24.4 Å². The molecule has 0 atom stereocenters. The van der Waals surface area contributed by atoms with E-state index in [0.29, 0.717) is 5.92 Å². The van der Waals surface area contributed by atoms with Gasteiger partial charge in [0.1, 0.15) is 0 Å². The summed E-state index contributed by atoms with van der Waals surface area (Å²) in [5.74, 6) is 0.483. The molecule has 0 spiro atoms. The van der Waals surface area contributed by atoms with E-state index in [1.807, 2.05) is 18.2 Å². The summed E-state index contributed by atoms with van der Waals surface area (Å²) in [7, 11) is 0. The molecule has 0 saturated heterocycles. The molecule has 1 rings (SSSR count). The van der Waals surface area contributed by atoms with E-state index in [-0.39, 0.29) is 32.7 Å². The minimum atomic E-state index is 0. The fourth-order valence-electron chi connectivity index (χ4n) is 0.886. The molecule has 0 unspecified atom stereocenters. The summed E-state index contributed by atoms with van der Waals surface area (Å²) in [4.78, 5) is 3.56. The molecule has 1 radical (unpaired) electrons. The number of aliphatic imine (C=N–C) groups is 1. The Morgan fingerprint density at radius 2 is 2.08 bits per heavy atom. The molecule has 0 amide bonds. The maximum absolute atomic E-state index is 5.11. The summed E-state index contributed by atoms with van der Waals surface area (Å²) in [6.45, 7) is 9.35. The predicted molar refractivity (Wildman–Crippen MR) is 47.5 cm³/mol. The molecular weight excluding hydrogens is 223 g/mol. The molecule has 0 heterocycles. The van der Waals surface area contributed by atoms with Crippen LogP contribution >= 0.6 is 0 Å². The van der Waals surface area contributed by atoms with Crippen molar-refractivity contribution in [1.29, 1.82) is 0 Å². The smallest absolute Gasteiger partial charge is 0 e. The van der Waals surface area contributed by atoms with Crippen LogP contribution in [-0.2, 0) is 32.7 Å². The molecule has 2 heteroatoms. The number of hydrogen-bond donors (Lipinski definition) is 0. The molecular formula is C10H11NY-2. The van der Waals surface area contributed by atoms with Crippen LogP contribution in [0.4, 0.5) is 5.69 Å². The SMILES string of the molecule is [CH-]=Nc1[c-]c(C(C)C)ccc1.[Y]. The van der Waals surface area contributed by atoms with Gasteiger partial charge >= 0.3 is 0 Å². The van der Waals surface area contributed by atoms with Crippen LogP contribution in [0.25, 0.3) is 0 Å². The summed E-state index contributed by atoms with van der Waals surface area (Å²) in [5.41, 5.74) is 1.87. The summed E-state index contributed by atoms with van der Waals surface area (Å²) in [5, 5.41) is 0. The van der Waals surface area contributed by atoms with Crippen LogP contribution in [0.15, 0.2) is 23.2 Å². The first kappa shape index (κ1) is 12.0. The van der Waals surface area contributed by atoms with Crippen molar-refractivity contribution >= 4 is 12.4 Å². The molecule has 0 saturated carbocycles. The van der Waals surface area contributed by atoms with E-state index in [9.17, 15) is 0 Å². The first-order chi connectivity index (χ1) is 5.24. The topological polar surface area (TPSA) is 12.4 Å². The third-order valence-electron chi connectivity index (χ3n) is 1.56. The van der Waals surface area contributed by atoms with E-state index in [2.05, 4.69) is 24.9 Å². The van der Waals surface area contributed by atoms with Gasteiger partial charge in [-0.25, -0.2) is 11.8 Å². The Hall–Kier alpha value is -0.00610. The summed E-state index contributed by atoms with van der Waals surface area (Å²) < 4.78 is 0. The third-order valence-corrected chi connectivity index (χ3v) is 1.56. The maximum atomic E-state index is 5.11. The molecule has 0 bridgehead atoms. The van der Waals surface area contributed by atoms with Crippen molar-refractivity contribution in [2.24, 2.45) is 4.99 Å². The fraction of sp³-hybridized carbons (Fsp3) is 0.300. The minimum absolute atomic E-state index is 0. The molecule has 0 aliphatic rings. The van der Waals surface area contributed by atoms with Gasteiger partial charge in [-0.05, 0) is 5.92 Å². The largest absolute Gasteiger partial charge is 0.485 e. The molecule has 0 aliphatic carbocycles.